The Morgan fingerprint density at radius 3 is 1.93 bits per heavy atom. The van der Waals surface area contributed by atoms with Gasteiger partial charge in [0.05, 0.1) is 0 Å². The molecule has 0 aliphatic rings. The summed E-state index contributed by atoms with van der Waals surface area (Å²) < 4.78 is 70.7. The van der Waals surface area contributed by atoms with E-state index in [0.29, 0.717) is 0 Å². The molecule has 8 heteroatoms. The molecule has 0 atom stereocenters. The number of alkyl halides is 5. The van der Waals surface area contributed by atoms with Gasteiger partial charge in [-0.3, -0.25) is 0 Å². The first kappa shape index (κ1) is 12.8. The number of aliphatic carboxylic acids is 1. The molecular formula is C6H4F6O2. The molecule has 0 rings (SSSR count). The summed E-state index contributed by atoms with van der Waals surface area (Å²) in [7, 11) is 0. The van der Waals surface area contributed by atoms with Crippen LogP contribution in [0.1, 0.15) is 6.42 Å². The monoisotopic (exact) mass is 222 g/mol. The fraction of sp³-hybridized carbons (Fsp3) is 0.500. The Kier molecular flexibility index (Phi) is 3.55. The first-order valence-corrected chi connectivity index (χ1v) is 3.10. The molecule has 0 saturated carbocycles. The van der Waals surface area contributed by atoms with Crippen molar-refractivity contribution in [3.63, 3.8) is 0 Å². The molecule has 0 unspecified atom stereocenters. The van der Waals surface area contributed by atoms with Crippen molar-refractivity contribution in [2.24, 2.45) is 0 Å². The van der Waals surface area contributed by atoms with Crippen LogP contribution in [0.15, 0.2) is 11.9 Å². The zero-order valence-electron chi connectivity index (χ0n) is 6.41. The van der Waals surface area contributed by atoms with Crippen LogP contribution < -0.4 is 0 Å². The van der Waals surface area contributed by atoms with Gasteiger partial charge in [-0.25, -0.2) is 13.6 Å². The SMILES string of the molecule is O=C(O)C(F)=CC(F)(F)CC(F)(F)F. The first-order valence-electron chi connectivity index (χ1n) is 3.10. The van der Waals surface area contributed by atoms with E-state index in [-0.39, 0.29) is 0 Å². The lowest BCUT2D eigenvalue weighted by Gasteiger charge is -2.13. The van der Waals surface area contributed by atoms with E-state index in [1.807, 2.05) is 0 Å². The third kappa shape index (κ3) is 5.44. The molecule has 0 amide bonds. The maximum Gasteiger partial charge on any atom is 0.395 e. The van der Waals surface area contributed by atoms with Crippen molar-refractivity contribution >= 4 is 5.97 Å². The lowest BCUT2D eigenvalue weighted by Crippen LogP contribution is -2.24. The average molecular weight is 222 g/mol. The number of hydrogen-bond acceptors (Lipinski definition) is 1. The maximum atomic E-state index is 12.2. The third-order valence-electron chi connectivity index (χ3n) is 0.978. The van der Waals surface area contributed by atoms with Gasteiger partial charge in [0, 0.05) is 6.08 Å². The number of allylic oxidation sites excluding steroid dienone is 1. The predicted molar refractivity (Wildman–Crippen MR) is 32.4 cm³/mol. The molecule has 0 heterocycles. The van der Waals surface area contributed by atoms with Crippen molar-refractivity contribution in [2.45, 2.75) is 18.5 Å². The van der Waals surface area contributed by atoms with E-state index in [1.165, 1.54) is 0 Å². The molecule has 0 aromatic heterocycles. The number of carboxylic acids is 1. The highest BCUT2D eigenvalue weighted by molar-refractivity contribution is 5.84. The number of halogens is 6. The van der Waals surface area contributed by atoms with Crippen molar-refractivity contribution in [1.29, 1.82) is 0 Å². The summed E-state index contributed by atoms with van der Waals surface area (Å²) in [5.41, 5.74) is 0. The largest absolute Gasteiger partial charge is 0.476 e. The van der Waals surface area contributed by atoms with Crippen molar-refractivity contribution in [3.8, 4) is 0 Å². The lowest BCUT2D eigenvalue weighted by atomic mass is 10.2. The summed E-state index contributed by atoms with van der Waals surface area (Å²) in [5, 5.41) is 7.79. The Hall–Kier alpha value is -1.21. The van der Waals surface area contributed by atoms with E-state index in [0.717, 1.165) is 0 Å². The van der Waals surface area contributed by atoms with Gasteiger partial charge in [-0.15, -0.1) is 0 Å². The van der Waals surface area contributed by atoms with Crippen LogP contribution in [0.4, 0.5) is 26.3 Å². The van der Waals surface area contributed by atoms with Gasteiger partial charge in [0.25, 0.3) is 5.92 Å². The van der Waals surface area contributed by atoms with Crippen LogP contribution in [0.3, 0.4) is 0 Å². The van der Waals surface area contributed by atoms with Gasteiger partial charge in [-0.1, -0.05) is 0 Å². The molecule has 82 valence electrons. The Morgan fingerprint density at radius 2 is 1.64 bits per heavy atom. The highest BCUT2D eigenvalue weighted by Gasteiger charge is 2.42. The van der Waals surface area contributed by atoms with Gasteiger partial charge in [-0.05, 0) is 0 Å². The first-order chi connectivity index (χ1) is 6.03. The number of rotatable bonds is 3. The molecule has 14 heavy (non-hydrogen) atoms. The van der Waals surface area contributed by atoms with Crippen LogP contribution in [0.5, 0.6) is 0 Å². The van der Waals surface area contributed by atoms with E-state index in [1.54, 1.807) is 0 Å². The normalized spacial score (nSPS) is 14.3. The summed E-state index contributed by atoms with van der Waals surface area (Å²) in [6, 6.07) is 0. The molecule has 0 spiro atoms. The third-order valence-corrected chi connectivity index (χ3v) is 0.978. The summed E-state index contributed by atoms with van der Waals surface area (Å²) in [5.74, 6) is -9.22. The quantitative estimate of drug-likeness (QED) is 0.588. The molecule has 0 radical (unpaired) electrons. The Bertz CT molecular complexity index is 254. The molecular weight excluding hydrogens is 218 g/mol. The number of carboxylic acid groups (broad SMARTS) is 1. The summed E-state index contributed by atoms with van der Waals surface area (Å²) in [4.78, 5) is 9.68. The van der Waals surface area contributed by atoms with Gasteiger partial charge < -0.3 is 5.11 Å². The zero-order valence-corrected chi connectivity index (χ0v) is 6.41. The summed E-state index contributed by atoms with van der Waals surface area (Å²) in [6.45, 7) is 0. The van der Waals surface area contributed by atoms with Gasteiger partial charge in [0.1, 0.15) is 6.42 Å². The van der Waals surface area contributed by atoms with Crippen LogP contribution >= 0.6 is 0 Å². The topological polar surface area (TPSA) is 37.3 Å². The van der Waals surface area contributed by atoms with E-state index in [4.69, 9.17) is 5.11 Å². The van der Waals surface area contributed by atoms with Crippen LogP contribution in [0.25, 0.3) is 0 Å². The van der Waals surface area contributed by atoms with Gasteiger partial charge in [0.2, 0.25) is 5.83 Å². The Labute approximate surface area is 73.8 Å². The standard InChI is InChI=1S/C6H4F6O2/c7-3(4(13)14)1-5(8,9)2-6(10,11)12/h1H,2H2,(H,13,14). The number of carbonyl (C=O) groups is 1. The minimum Gasteiger partial charge on any atom is -0.476 e. The lowest BCUT2D eigenvalue weighted by molar-refractivity contribution is -0.175. The molecule has 0 fully saturated rings. The molecule has 0 saturated heterocycles. The predicted octanol–water partition coefficient (Wildman–Crippen LogP) is 2.51. The molecule has 0 aliphatic heterocycles. The van der Waals surface area contributed by atoms with E-state index >= 15 is 0 Å². The average Bonchev–Trinajstić information content (AvgIpc) is 1.78. The Morgan fingerprint density at radius 1 is 1.21 bits per heavy atom. The second-order valence-corrected chi connectivity index (χ2v) is 2.35. The molecule has 0 bridgehead atoms. The van der Waals surface area contributed by atoms with E-state index < -0.39 is 36.4 Å². The molecule has 1 N–H and O–H groups in total. The highest BCUT2D eigenvalue weighted by atomic mass is 19.4. The van der Waals surface area contributed by atoms with Crippen LogP contribution in [0.2, 0.25) is 0 Å². The molecule has 0 aliphatic carbocycles. The summed E-state index contributed by atoms with van der Waals surface area (Å²) >= 11 is 0. The van der Waals surface area contributed by atoms with E-state index in [9.17, 15) is 31.1 Å². The minimum absolute atomic E-state index is 0.872. The molecule has 0 aromatic carbocycles. The van der Waals surface area contributed by atoms with Gasteiger partial charge in [-0.2, -0.15) is 17.6 Å². The second-order valence-electron chi connectivity index (χ2n) is 2.35. The maximum absolute atomic E-state index is 12.2. The fourth-order valence-electron chi connectivity index (χ4n) is 0.565. The van der Waals surface area contributed by atoms with Crippen LogP contribution in [0, 0.1) is 0 Å². The fourth-order valence-corrected chi connectivity index (χ4v) is 0.565. The number of hydrogen-bond donors (Lipinski definition) is 1. The van der Waals surface area contributed by atoms with Crippen molar-refractivity contribution < 1.29 is 36.2 Å². The van der Waals surface area contributed by atoms with Crippen LogP contribution in [-0.4, -0.2) is 23.2 Å². The zero-order chi connectivity index (χ0) is 11.6. The highest BCUT2D eigenvalue weighted by Crippen LogP contribution is 2.33. The van der Waals surface area contributed by atoms with Gasteiger partial charge >= 0.3 is 12.1 Å². The van der Waals surface area contributed by atoms with Crippen LogP contribution in [-0.2, 0) is 4.79 Å². The smallest absolute Gasteiger partial charge is 0.395 e. The Balaban J connectivity index is 4.64. The van der Waals surface area contributed by atoms with Crippen molar-refractivity contribution in [1.82, 2.24) is 0 Å². The molecule has 2 nitrogen and oxygen atoms in total. The second kappa shape index (κ2) is 3.89. The minimum atomic E-state index is -5.20. The molecule has 0 aromatic rings. The summed E-state index contributed by atoms with van der Waals surface area (Å²) in [6.07, 6.45) is -8.66. The van der Waals surface area contributed by atoms with Gasteiger partial charge in [0.15, 0.2) is 0 Å². The van der Waals surface area contributed by atoms with Crippen molar-refractivity contribution in [2.75, 3.05) is 0 Å². The van der Waals surface area contributed by atoms with Crippen molar-refractivity contribution in [3.05, 3.63) is 11.9 Å². The van der Waals surface area contributed by atoms with E-state index in [2.05, 4.69) is 0 Å².